The molecule has 2 heterocycles. The Bertz CT molecular complexity index is 1110. The lowest BCUT2D eigenvalue weighted by Crippen LogP contribution is -2.52. The van der Waals surface area contributed by atoms with Crippen molar-refractivity contribution in [2.75, 3.05) is 23.4 Å². The molecule has 1 saturated carbocycles. The van der Waals surface area contributed by atoms with Gasteiger partial charge in [0.15, 0.2) is 10.8 Å². The van der Waals surface area contributed by atoms with Gasteiger partial charge in [-0.3, -0.25) is 5.32 Å². The molecule has 2 aromatic rings. The third-order valence-corrected chi connectivity index (χ3v) is 6.44. The zero-order valence-electron chi connectivity index (χ0n) is 16.9. The molecule has 0 bridgehead atoms. The first-order chi connectivity index (χ1) is 15.1. The minimum atomic E-state index is -4.74. The van der Waals surface area contributed by atoms with Crippen LogP contribution in [0.2, 0.25) is 0 Å². The van der Waals surface area contributed by atoms with Gasteiger partial charge in [0.2, 0.25) is 0 Å². The maximum atomic E-state index is 14.7. The SMILES string of the molecule is CNC(O)c1ccc(N2C(=S)N(c3cnc(C#N)c(C(F)(F)F)c3)CC23CCC3)cc1F. The van der Waals surface area contributed by atoms with Crippen LogP contribution in [0.5, 0.6) is 0 Å². The van der Waals surface area contributed by atoms with E-state index in [4.69, 9.17) is 17.5 Å². The number of aliphatic hydroxyl groups is 1. The standard InChI is InChI=1S/C21H19F4N5OS/c1-27-18(31)14-4-3-12(8-16(14)22)30-19(32)29(11-20(30)5-2-6-20)13-7-15(21(23,24)25)17(9-26)28-10-13/h3-4,7-8,10,18,27,31H,2,5-6,11H2,1H3. The van der Waals surface area contributed by atoms with Crippen molar-refractivity contribution < 1.29 is 22.7 Å². The summed E-state index contributed by atoms with van der Waals surface area (Å²) in [6, 6.07) is 6.70. The van der Waals surface area contributed by atoms with Crippen LogP contribution >= 0.6 is 12.2 Å². The largest absolute Gasteiger partial charge is 0.419 e. The van der Waals surface area contributed by atoms with Crippen molar-refractivity contribution in [3.63, 3.8) is 0 Å². The second-order valence-electron chi connectivity index (χ2n) is 7.88. The lowest BCUT2D eigenvalue weighted by Gasteiger charge is -2.45. The number of halogens is 4. The molecular weight excluding hydrogens is 446 g/mol. The number of benzene rings is 1. The fraction of sp³-hybridized carbons (Fsp3) is 0.381. The number of nitrogens with one attached hydrogen (secondary N) is 1. The van der Waals surface area contributed by atoms with E-state index < -0.39 is 35.0 Å². The van der Waals surface area contributed by atoms with Gasteiger partial charge in [0, 0.05) is 17.8 Å². The van der Waals surface area contributed by atoms with Crippen LogP contribution in [0.4, 0.5) is 28.9 Å². The Morgan fingerprint density at radius 2 is 2.00 bits per heavy atom. The summed E-state index contributed by atoms with van der Waals surface area (Å²) in [5.74, 6) is -0.625. The number of pyridine rings is 1. The van der Waals surface area contributed by atoms with Crippen LogP contribution in [0.25, 0.3) is 0 Å². The Morgan fingerprint density at radius 3 is 2.53 bits per heavy atom. The predicted octanol–water partition coefficient (Wildman–Crippen LogP) is 3.86. The Hall–Kier alpha value is -2.81. The first-order valence-electron chi connectivity index (χ1n) is 9.85. The molecule has 2 aliphatic rings. The monoisotopic (exact) mass is 465 g/mol. The van der Waals surface area contributed by atoms with Crippen LogP contribution in [0.15, 0.2) is 30.5 Å². The molecule has 2 fully saturated rings. The van der Waals surface area contributed by atoms with Gasteiger partial charge >= 0.3 is 6.18 Å². The third-order valence-electron chi connectivity index (χ3n) is 6.04. The second kappa shape index (κ2) is 7.95. The first kappa shape index (κ1) is 22.4. The van der Waals surface area contributed by atoms with Crippen molar-refractivity contribution in [2.45, 2.75) is 37.2 Å². The average molecular weight is 465 g/mol. The van der Waals surface area contributed by atoms with E-state index in [-0.39, 0.29) is 16.4 Å². The molecule has 0 radical (unpaired) electrons. The van der Waals surface area contributed by atoms with Crippen molar-refractivity contribution in [3.8, 4) is 6.07 Å². The number of aromatic nitrogens is 1. The Labute approximate surface area is 187 Å². The maximum absolute atomic E-state index is 14.7. The molecule has 1 aromatic carbocycles. The second-order valence-corrected chi connectivity index (χ2v) is 8.24. The molecule has 1 saturated heterocycles. The molecule has 2 N–H and O–H groups in total. The summed E-state index contributed by atoms with van der Waals surface area (Å²) in [7, 11) is 1.50. The van der Waals surface area contributed by atoms with Crippen LogP contribution in [-0.2, 0) is 6.18 Å². The van der Waals surface area contributed by atoms with Crippen LogP contribution in [0, 0.1) is 17.1 Å². The molecule has 32 heavy (non-hydrogen) atoms. The van der Waals surface area contributed by atoms with Crippen molar-refractivity contribution >= 4 is 28.7 Å². The van der Waals surface area contributed by atoms with Gasteiger partial charge in [-0.15, -0.1) is 0 Å². The molecule has 1 aromatic heterocycles. The summed E-state index contributed by atoms with van der Waals surface area (Å²) in [5.41, 5.74) is -1.65. The van der Waals surface area contributed by atoms with Gasteiger partial charge in [-0.05, 0) is 56.7 Å². The van der Waals surface area contributed by atoms with E-state index >= 15 is 0 Å². The lowest BCUT2D eigenvalue weighted by molar-refractivity contribution is -0.138. The maximum Gasteiger partial charge on any atom is 0.419 e. The molecule has 11 heteroatoms. The first-order valence-corrected chi connectivity index (χ1v) is 10.3. The molecule has 1 aliphatic heterocycles. The van der Waals surface area contributed by atoms with E-state index in [1.807, 2.05) is 0 Å². The summed E-state index contributed by atoms with van der Waals surface area (Å²) in [4.78, 5) is 7.01. The molecule has 1 spiro atoms. The van der Waals surface area contributed by atoms with Crippen molar-refractivity contribution in [2.24, 2.45) is 0 Å². The Morgan fingerprint density at radius 1 is 1.28 bits per heavy atom. The van der Waals surface area contributed by atoms with Crippen molar-refractivity contribution in [1.29, 1.82) is 5.26 Å². The van der Waals surface area contributed by atoms with E-state index in [0.29, 0.717) is 12.2 Å². The normalized spacial score (nSPS) is 18.6. The summed E-state index contributed by atoms with van der Waals surface area (Å²) in [6.45, 7) is 0.319. The van der Waals surface area contributed by atoms with E-state index in [1.54, 1.807) is 15.9 Å². The van der Waals surface area contributed by atoms with E-state index in [9.17, 15) is 22.7 Å². The third kappa shape index (κ3) is 3.58. The topological polar surface area (TPSA) is 75.4 Å². The number of nitrogens with zero attached hydrogens (tertiary/aromatic N) is 4. The number of nitriles is 1. The molecule has 1 unspecified atom stereocenters. The zero-order valence-corrected chi connectivity index (χ0v) is 17.8. The van der Waals surface area contributed by atoms with Crippen LogP contribution in [0.1, 0.15) is 42.3 Å². The highest BCUT2D eigenvalue weighted by Gasteiger charge is 2.52. The van der Waals surface area contributed by atoms with Gasteiger partial charge in [-0.25, -0.2) is 9.37 Å². The highest BCUT2D eigenvalue weighted by atomic mass is 32.1. The summed E-state index contributed by atoms with van der Waals surface area (Å²) >= 11 is 5.62. The molecular formula is C21H19F4N5OS. The molecule has 1 aliphatic carbocycles. The van der Waals surface area contributed by atoms with E-state index in [1.165, 1.54) is 31.4 Å². The highest BCUT2D eigenvalue weighted by Crippen LogP contribution is 2.47. The van der Waals surface area contributed by atoms with Crippen LogP contribution in [0.3, 0.4) is 0 Å². The number of alkyl halides is 3. The number of hydrogen-bond acceptors (Lipinski definition) is 5. The molecule has 1 atom stereocenters. The van der Waals surface area contributed by atoms with Crippen LogP contribution < -0.4 is 15.1 Å². The number of rotatable bonds is 4. The van der Waals surface area contributed by atoms with Gasteiger partial charge < -0.3 is 14.9 Å². The van der Waals surface area contributed by atoms with Gasteiger partial charge in [0.25, 0.3) is 0 Å². The van der Waals surface area contributed by atoms with E-state index in [2.05, 4.69) is 10.3 Å². The molecule has 0 amide bonds. The number of hydrogen-bond donors (Lipinski definition) is 2. The fourth-order valence-electron chi connectivity index (χ4n) is 4.25. The van der Waals surface area contributed by atoms with Gasteiger partial charge in [-0.1, -0.05) is 6.07 Å². The van der Waals surface area contributed by atoms with Gasteiger partial charge in [0.05, 0.1) is 23.0 Å². The molecule has 6 nitrogen and oxygen atoms in total. The van der Waals surface area contributed by atoms with Gasteiger partial charge in [0.1, 0.15) is 18.1 Å². The Kier molecular flexibility index (Phi) is 5.56. The van der Waals surface area contributed by atoms with E-state index in [0.717, 1.165) is 25.3 Å². The van der Waals surface area contributed by atoms with Crippen LogP contribution in [-0.4, -0.2) is 34.3 Å². The quantitative estimate of drug-likeness (QED) is 0.404. The van der Waals surface area contributed by atoms with Crippen molar-refractivity contribution in [3.05, 3.63) is 53.1 Å². The lowest BCUT2D eigenvalue weighted by atomic mass is 9.76. The van der Waals surface area contributed by atoms with Gasteiger partial charge in [-0.2, -0.15) is 18.4 Å². The summed E-state index contributed by atoms with van der Waals surface area (Å²) in [5, 5.41) is 21.7. The zero-order chi connectivity index (χ0) is 23.3. The molecule has 4 rings (SSSR count). The number of aliphatic hydroxyl groups excluding tert-OH is 1. The predicted molar refractivity (Wildman–Crippen MR) is 113 cm³/mol. The highest BCUT2D eigenvalue weighted by molar-refractivity contribution is 7.80. The smallest absolute Gasteiger partial charge is 0.374 e. The minimum absolute atomic E-state index is 0.0759. The Balaban J connectivity index is 1.73. The number of thiocarbonyl (C=S) groups is 1. The average Bonchev–Trinajstić information content (AvgIpc) is 3.05. The summed E-state index contributed by atoms with van der Waals surface area (Å²) < 4.78 is 55.0. The molecule has 168 valence electrons. The minimum Gasteiger partial charge on any atom is -0.374 e. The fourth-order valence-corrected chi connectivity index (χ4v) is 4.72. The van der Waals surface area contributed by atoms with Crippen molar-refractivity contribution in [1.82, 2.24) is 10.3 Å². The summed E-state index contributed by atoms with van der Waals surface area (Å²) in [6.07, 6.45) is -2.33. The number of anilines is 2.